The normalized spacial score (nSPS) is 63.9. The molecule has 4 heteroatoms. The summed E-state index contributed by atoms with van der Waals surface area (Å²) in [6.45, 7) is 0.492. The molecular formula is C6H7FO3. The van der Waals surface area contributed by atoms with Crippen LogP contribution in [0, 0.1) is 0 Å². The van der Waals surface area contributed by atoms with Crippen molar-refractivity contribution in [3.8, 4) is 0 Å². The van der Waals surface area contributed by atoms with E-state index in [1.807, 2.05) is 0 Å². The molecule has 0 amide bonds. The molecule has 10 heavy (non-hydrogen) atoms. The van der Waals surface area contributed by atoms with Gasteiger partial charge in [-0.2, -0.15) is 0 Å². The molecule has 4 heterocycles. The van der Waals surface area contributed by atoms with Crippen molar-refractivity contribution in [2.24, 2.45) is 0 Å². The second-order valence-corrected chi connectivity index (χ2v) is 2.89. The molecule has 4 aliphatic heterocycles. The number of halogens is 1. The number of rotatable bonds is 0. The van der Waals surface area contributed by atoms with Crippen molar-refractivity contribution in [1.29, 1.82) is 0 Å². The van der Waals surface area contributed by atoms with Crippen molar-refractivity contribution < 1.29 is 18.6 Å². The van der Waals surface area contributed by atoms with Crippen LogP contribution in [0.5, 0.6) is 0 Å². The fourth-order valence-corrected chi connectivity index (χ4v) is 1.68. The molecule has 0 aliphatic carbocycles. The summed E-state index contributed by atoms with van der Waals surface area (Å²) in [6, 6.07) is 0. The van der Waals surface area contributed by atoms with E-state index in [1.165, 1.54) is 0 Å². The Hall–Kier alpha value is -0.190. The summed E-state index contributed by atoms with van der Waals surface area (Å²) < 4.78 is 27.9. The van der Waals surface area contributed by atoms with Crippen LogP contribution in [0.25, 0.3) is 0 Å². The molecule has 0 radical (unpaired) electrons. The van der Waals surface area contributed by atoms with E-state index >= 15 is 0 Å². The second-order valence-electron chi connectivity index (χ2n) is 2.89. The Morgan fingerprint density at radius 2 is 2.00 bits per heavy atom. The molecule has 4 saturated heterocycles. The summed E-state index contributed by atoms with van der Waals surface area (Å²) in [6.07, 6.45) is -1.74. The molecule has 56 valence electrons. The maximum Gasteiger partial charge on any atom is 0.228 e. The Labute approximate surface area is 57.1 Å². The van der Waals surface area contributed by atoms with Crippen LogP contribution < -0.4 is 0 Å². The zero-order valence-electron chi connectivity index (χ0n) is 5.20. The zero-order chi connectivity index (χ0) is 6.72. The molecular weight excluding hydrogens is 139 g/mol. The summed E-state index contributed by atoms with van der Waals surface area (Å²) in [7, 11) is 0. The van der Waals surface area contributed by atoms with E-state index in [9.17, 15) is 4.39 Å². The third-order valence-electron chi connectivity index (χ3n) is 2.27. The van der Waals surface area contributed by atoms with Gasteiger partial charge >= 0.3 is 0 Å². The van der Waals surface area contributed by atoms with Gasteiger partial charge in [0.15, 0.2) is 0 Å². The van der Waals surface area contributed by atoms with E-state index < -0.39 is 12.5 Å². The highest BCUT2D eigenvalue weighted by Gasteiger charge is 2.62. The predicted octanol–water partition coefficient (Wildman–Crippen LogP) is -0.153. The third kappa shape index (κ3) is 0.504. The van der Waals surface area contributed by atoms with E-state index in [1.54, 1.807) is 0 Å². The minimum atomic E-state index is -1.26. The zero-order valence-corrected chi connectivity index (χ0v) is 5.20. The van der Waals surface area contributed by atoms with Crippen LogP contribution in [0.15, 0.2) is 0 Å². The van der Waals surface area contributed by atoms with Crippen molar-refractivity contribution in [3.63, 3.8) is 0 Å². The highest BCUT2D eigenvalue weighted by atomic mass is 19.1. The van der Waals surface area contributed by atoms with Gasteiger partial charge in [0.1, 0.15) is 24.4 Å². The number of fused-ring (bicyclic) bond motifs is 2. The fourth-order valence-electron chi connectivity index (χ4n) is 1.68. The number of epoxide rings is 1. The van der Waals surface area contributed by atoms with Crippen LogP contribution in [0.4, 0.5) is 4.39 Å². The van der Waals surface area contributed by atoms with Gasteiger partial charge in [0.25, 0.3) is 0 Å². The molecule has 5 atom stereocenters. The monoisotopic (exact) mass is 146 g/mol. The molecule has 4 rings (SSSR count). The molecule has 3 nitrogen and oxygen atoms in total. The molecule has 2 bridgehead atoms. The van der Waals surface area contributed by atoms with Crippen molar-refractivity contribution in [1.82, 2.24) is 0 Å². The molecule has 0 N–H and O–H groups in total. The first-order valence-electron chi connectivity index (χ1n) is 3.43. The van der Waals surface area contributed by atoms with Gasteiger partial charge in [-0.05, 0) is 0 Å². The standard InChI is InChI=1S/C6H7FO3/c7-6-5-4-3(10-4)2(9-6)1-8-5/h2-6H,1H2/t2-,3+,4+,5+,6+/m1/s1. The number of hydrogen-bond donors (Lipinski definition) is 0. The van der Waals surface area contributed by atoms with E-state index in [4.69, 9.17) is 14.2 Å². The largest absolute Gasteiger partial charge is 0.367 e. The Kier molecular flexibility index (Phi) is 0.829. The fraction of sp³-hybridized carbons (Fsp3) is 1.00. The van der Waals surface area contributed by atoms with Gasteiger partial charge < -0.3 is 14.2 Å². The lowest BCUT2D eigenvalue weighted by atomic mass is 10.0. The average Bonchev–Trinajstić information content (AvgIpc) is 2.66. The Bertz CT molecular complexity index is 172. The van der Waals surface area contributed by atoms with Crippen molar-refractivity contribution in [2.45, 2.75) is 30.8 Å². The van der Waals surface area contributed by atoms with Crippen LogP contribution >= 0.6 is 0 Å². The van der Waals surface area contributed by atoms with E-state index in [0.717, 1.165) is 0 Å². The molecule has 0 unspecified atom stereocenters. The maximum atomic E-state index is 12.7. The average molecular weight is 146 g/mol. The van der Waals surface area contributed by atoms with Gasteiger partial charge in [-0.25, -0.2) is 4.39 Å². The van der Waals surface area contributed by atoms with E-state index in [0.29, 0.717) is 6.61 Å². The summed E-state index contributed by atoms with van der Waals surface area (Å²) >= 11 is 0. The number of hydrogen-bond acceptors (Lipinski definition) is 3. The Morgan fingerprint density at radius 3 is 2.60 bits per heavy atom. The molecule has 0 aromatic heterocycles. The lowest BCUT2D eigenvalue weighted by Gasteiger charge is -2.34. The number of ether oxygens (including phenoxy) is 3. The topological polar surface area (TPSA) is 31.0 Å². The van der Waals surface area contributed by atoms with Gasteiger partial charge in [-0.15, -0.1) is 0 Å². The quantitative estimate of drug-likeness (QED) is 0.445. The highest BCUT2D eigenvalue weighted by molar-refractivity contribution is 5.05. The third-order valence-corrected chi connectivity index (χ3v) is 2.27. The molecule has 0 spiro atoms. The summed E-state index contributed by atoms with van der Waals surface area (Å²) in [4.78, 5) is 0. The van der Waals surface area contributed by atoms with Crippen molar-refractivity contribution in [3.05, 3.63) is 0 Å². The summed E-state index contributed by atoms with van der Waals surface area (Å²) in [5.41, 5.74) is 0. The van der Waals surface area contributed by atoms with Crippen molar-refractivity contribution in [2.75, 3.05) is 6.61 Å². The van der Waals surface area contributed by atoms with Gasteiger partial charge in [0, 0.05) is 0 Å². The van der Waals surface area contributed by atoms with Gasteiger partial charge in [0.05, 0.1) is 6.61 Å². The van der Waals surface area contributed by atoms with Crippen LogP contribution in [0.3, 0.4) is 0 Å². The molecule has 0 saturated carbocycles. The number of alkyl halides is 1. The van der Waals surface area contributed by atoms with Gasteiger partial charge in [-0.3, -0.25) is 0 Å². The molecule has 0 aromatic carbocycles. The Morgan fingerprint density at radius 1 is 1.10 bits per heavy atom. The van der Waals surface area contributed by atoms with Crippen LogP contribution in [0.2, 0.25) is 0 Å². The molecule has 4 fully saturated rings. The maximum absolute atomic E-state index is 12.7. The first kappa shape index (κ1) is 5.46. The van der Waals surface area contributed by atoms with Crippen LogP contribution in [0.1, 0.15) is 0 Å². The van der Waals surface area contributed by atoms with Crippen LogP contribution in [-0.2, 0) is 14.2 Å². The van der Waals surface area contributed by atoms with Gasteiger partial charge in [0.2, 0.25) is 6.36 Å². The SMILES string of the molecule is F[C@H]1O[C@@H]2CO[C@H]1[C@H]1O[C@H]12. The summed E-state index contributed by atoms with van der Waals surface area (Å²) in [5.74, 6) is 0. The first-order chi connectivity index (χ1) is 4.86. The summed E-state index contributed by atoms with van der Waals surface area (Å²) in [5, 5.41) is 0. The smallest absolute Gasteiger partial charge is 0.228 e. The lowest BCUT2D eigenvalue weighted by molar-refractivity contribution is -0.244. The van der Waals surface area contributed by atoms with E-state index in [-0.39, 0.29) is 18.3 Å². The minimum Gasteiger partial charge on any atom is -0.367 e. The lowest BCUT2D eigenvalue weighted by Crippen LogP contribution is -2.52. The van der Waals surface area contributed by atoms with Gasteiger partial charge in [-0.1, -0.05) is 0 Å². The van der Waals surface area contributed by atoms with Crippen molar-refractivity contribution >= 4 is 0 Å². The molecule has 0 aromatic rings. The van der Waals surface area contributed by atoms with Crippen LogP contribution in [-0.4, -0.2) is 37.4 Å². The highest BCUT2D eigenvalue weighted by Crippen LogP contribution is 2.43. The van der Waals surface area contributed by atoms with E-state index in [2.05, 4.69) is 0 Å². The molecule has 4 aliphatic rings. The predicted molar refractivity (Wildman–Crippen MR) is 28.2 cm³/mol. The minimum absolute atomic E-state index is 0.0116. The first-order valence-corrected chi connectivity index (χ1v) is 3.43. The Balaban J connectivity index is 1.92. The second kappa shape index (κ2) is 1.52.